The average Bonchev–Trinajstić information content (AvgIpc) is 3.63. The Kier molecular flexibility index (Phi) is 10.7. The fourth-order valence-electron chi connectivity index (χ4n) is 9.92. The summed E-state index contributed by atoms with van der Waals surface area (Å²) in [7, 11) is 4.64. The molecule has 54 heavy (non-hydrogen) atoms. The van der Waals surface area contributed by atoms with Crippen LogP contribution in [0.5, 0.6) is 5.75 Å². The van der Waals surface area contributed by atoms with Gasteiger partial charge in [0.05, 0.1) is 30.4 Å². The van der Waals surface area contributed by atoms with Crippen molar-refractivity contribution in [3.63, 3.8) is 0 Å². The number of carbonyl (C=O) groups excluding carboxylic acids is 2. The average molecular weight is 763 g/mol. The van der Waals surface area contributed by atoms with Crippen molar-refractivity contribution in [1.82, 2.24) is 28.3 Å². The number of morpholine rings is 1. The van der Waals surface area contributed by atoms with Gasteiger partial charge in [0.25, 0.3) is 5.91 Å². The lowest BCUT2D eigenvalue weighted by Crippen LogP contribution is -2.56. The van der Waals surface area contributed by atoms with Crippen molar-refractivity contribution >= 4 is 32.9 Å². The van der Waals surface area contributed by atoms with E-state index >= 15 is 4.79 Å². The zero-order valence-corrected chi connectivity index (χ0v) is 34.0. The van der Waals surface area contributed by atoms with Gasteiger partial charge in [-0.2, -0.15) is 12.7 Å². The van der Waals surface area contributed by atoms with Crippen molar-refractivity contribution in [3.8, 4) is 17.0 Å². The molecule has 2 saturated heterocycles. The van der Waals surface area contributed by atoms with Gasteiger partial charge in [-0.25, -0.2) is 4.72 Å². The lowest BCUT2D eigenvalue weighted by Gasteiger charge is -2.42. The molecular weight excluding hydrogens is 705 g/mol. The molecule has 13 heteroatoms. The number of ether oxygens (including phenoxy) is 2. The van der Waals surface area contributed by atoms with Crippen LogP contribution in [0, 0.1) is 5.41 Å². The lowest BCUT2D eigenvalue weighted by atomic mass is 9.72. The van der Waals surface area contributed by atoms with Crippen LogP contribution in [0.2, 0.25) is 0 Å². The smallest absolute Gasteiger partial charge is 0.303 e. The van der Waals surface area contributed by atoms with E-state index in [4.69, 9.17) is 9.47 Å². The predicted molar refractivity (Wildman–Crippen MR) is 211 cm³/mol. The number of carbonyl (C=O) groups is 2. The summed E-state index contributed by atoms with van der Waals surface area (Å²) in [6, 6.07) is 12.1. The fourth-order valence-corrected chi connectivity index (χ4v) is 10.5. The standard InChI is InChI=1S/C41H58N6O6S/c1-26(20-43(4)5)46-23-35-34-19-31(52-8)15-17-32(34)38-37(29-12-10-9-11-13-29)33-16-14-30(39(48)42-54(50,51)44(6)7)18-36(33)47(38)25-41(35,24-46)40(49)45-21-27(2)53-28(3)22-45/h14-19,26-29,35H,9-13,20-25H2,1-8H3,(H,42,48)/t26?,27-,28+,35?,41?. The third-order valence-corrected chi connectivity index (χ3v) is 13.8. The van der Waals surface area contributed by atoms with E-state index in [1.807, 2.05) is 36.9 Å². The molecule has 1 aliphatic carbocycles. The highest BCUT2D eigenvalue weighted by Gasteiger charge is 2.57. The topological polar surface area (TPSA) is 117 Å². The maximum Gasteiger partial charge on any atom is 0.303 e. The number of benzene rings is 2. The first-order chi connectivity index (χ1) is 25.6. The molecule has 3 unspecified atom stereocenters. The van der Waals surface area contributed by atoms with Crippen LogP contribution in [0.25, 0.3) is 22.2 Å². The molecule has 12 nitrogen and oxygen atoms in total. The second-order valence-corrected chi connectivity index (χ2v) is 18.7. The summed E-state index contributed by atoms with van der Waals surface area (Å²) in [5, 5.41) is 1.05. The van der Waals surface area contributed by atoms with E-state index in [0.717, 1.165) is 70.0 Å². The Morgan fingerprint density at radius 1 is 0.981 bits per heavy atom. The minimum atomic E-state index is -4.01. The molecule has 2 aromatic carbocycles. The molecular formula is C41H58N6O6S. The number of nitrogens with zero attached hydrogens (tertiary/aromatic N) is 5. The highest BCUT2D eigenvalue weighted by molar-refractivity contribution is 7.87. The monoisotopic (exact) mass is 762 g/mol. The number of nitrogens with one attached hydrogen (secondary N) is 1. The lowest BCUT2D eigenvalue weighted by molar-refractivity contribution is -0.155. The van der Waals surface area contributed by atoms with Gasteiger partial charge in [-0.1, -0.05) is 25.3 Å². The maximum atomic E-state index is 15.7. The summed E-state index contributed by atoms with van der Waals surface area (Å²) in [6.07, 6.45) is 5.45. The van der Waals surface area contributed by atoms with E-state index in [-0.39, 0.29) is 35.6 Å². The van der Waals surface area contributed by atoms with Crippen LogP contribution in [0.15, 0.2) is 36.4 Å². The van der Waals surface area contributed by atoms with Crippen LogP contribution in [-0.4, -0.2) is 130 Å². The van der Waals surface area contributed by atoms with Crippen molar-refractivity contribution in [2.45, 2.75) is 89.5 Å². The Morgan fingerprint density at radius 3 is 2.33 bits per heavy atom. The molecule has 4 heterocycles. The van der Waals surface area contributed by atoms with Crippen molar-refractivity contribution in [2.24, 2.45) is 5.41 Å². The van der Waals surface area contributed by atoms with Crippen LogP contribution in [0.4, 0.5) is 0 Å². The maximum absolute atomic E-state index is 15.7. The summed E-state index contributed by atoms with van der Waals surface area (Å²) in [5.74, 6) is 0.363. The number of fused-ring (bicyclic) bond motifs is 7. The first-order valence-electron chi connectivity index (χ1n) is 19.6. The summed E-state index contributed by atoms with van der Waals surface area (Å²) in [5.41, 5.74) is 4.82. The summed E-state index contributed by atoms with van der Waals surface area (Å²) in [6.45, 7) is 9.92. The highest BCUT2D eigenvalue weighted by atomic mass is 32.2. The summed E-state index contributed by atoms with van der Waals surface area (Å²) < 4.78 is 43.1. The summed E-state index contributed by atoms with van der Waals surface area (Å²) in [4.78, 5) is 36.0. The van der Waals surface area contributed by atoms with Crippen molar-refractivity contribution in [3.05, 3.63) is 53.1 Å². The number of aromatic nitrogens is 1. The Hall–Kier alpha value is -3.49. The Labute approximate surface area is 320 Å². The van der Waals surface area contributed by atoms with Crippen LogP contribution < -0.4 is 9.46 Å². The molecule has 0 spiro atoms. The van der Waals surface area contributed by atoms with Crippen LogP contribution in [0.1, 0.15) is 86.2 Å². The zero-order chi connectivity index (χ0) is 38.7. The Balaban J connectivity index is 1.49. The molecule has 0 bridgehead atoms. The van der Waals surface area contributed by atoms with Crippen LogP contribution in [0.3, 0.4) is 0 Å². The molecule has 5 atom stereocenters. The molecule has 0 radical (unpaired) electrons. The molecule has 1 saturated carbocycles. The van der Waals surface area contributed by atoms with Gasteiger partial charge < -0.3 is 23.8 Å². The zero-order valence-electron chi connectivity index (χ0n) is 33.2. The minimum absolute atomic E-state index is 0.0868. The van der Waals surface area contributed by atoms with Gasteiger partial charge in [0.1, 0.15) is 5.75 Å². The van der Waals surface area contributed by atoms with Gasteiger partial charge in [-0.05, 0) is 95.1 Å². The fraction of sp³-hybridized carbons (Fsp3) is 0.610. The van der Waals surface area contributed by atoms with E-state index in [1.165, 1.54) is 26.1 Å². The number of amides is 2. The van der Waals surface area contributed by atoms with E-state index in [9.17, 15) is 13.2 Å². The number of likely N-dealkylation sites (tertiary alicyclic amines) is 1. The van der Waals surface area contributed by atoms with Gasteiger partial charge in [-0.3, -0.25) is 14.5 Å². The molecule has 1 N–H and O–H groups in total. The van der Waals surface area contributed by atoms with Gasteiger partial charge in [0.2, 0.25) is 5.91 Å². The van der Waals surface area contributed by atoms with Gasteiger partial charge in [-0.15, -0.1) is 0 Å². The Morgan fingerprint density at radius 2 is 1.69 bits per heavy atom. The molecule has 294 valence electrons. The van der Waals surface area contributed by atoms with Gasteiger partial charge in [0, 0.05) is 87.4 Å². The van der Waals surface area contributed by atoms with Gasteiger partial charge in [0.15, 0.2) is 0 Å². The molecule has 7 rings (SSSR count). The first kappa shape index (κ1) is 38.8. The van der Waals surface area contributed by atoms with E-state index in [0.29, 0.717) is 38.6 Å². The molecule has 3 aliphatic heterocycles. The number of methoxy groups -OCH3 is 1. The van der Waals surface area contributed by atoms with Crippen LogP contribution in [-0.2, 0) is 26.3 Å². The third kappa shape index (κ3) is 6.95. The number of hydrogen-bond acceptors (Lipinski definition) is 8. The SMILES string of the molecule is COc1ccc2c(c1)C1CN(C(C)CN(C)C)CC1(C(=O)N1C[C@@H](C)O[C@@H](C)C1)Cn1c-2c(C2CCCCC2)c2ccc(C(=O)NS(=O)(=O)N(C)C)cc21. The van der Waals surface area contributed by atoms with E-state index < -0.39 is 21.5 Å². The third-order valence-electron chi connectivity index (χ3n) is 12.4. The normalized spacial score (nSPS) is 25.7. The van der Waals surface area contributed by atoms with Crippen LogP contribution >= 0.6 is 0 Å². The molecule has 4 aliphatic rings. The largest absolute Gasteiger partial charge is 0.497 e. The summed E-state index contributed by atoms with van der Waals surface area (Å²) >= 11 is 0. The molecule has 3 fully saturated rings. The quantitative estimate of drug-likeness (QED) is 0.328. The number of likely N-dealkylation sites (N-methyl/N-ethyl adjacent to an activating group) is 1. The first-order valence-corrected chi connectivity index (χ1v) is 21.0. The van der Waals surface area contributed by atoms with E-state index in [2.05, 4.69) is 52.2 Å². The second-order valence-electron chi connectivity index (χ2n) is 16.8. The highest BCUT2D eigenvalue weighted by Crippen LogP contribution is 2.56. The number of hydrogen-bond donors (Lipinski definition) is 1. The minimum Gasteiger partial charge on any atom is -0.497 e. The van der Waals surface area contributed by atoms with E-state index in [1.54, 1.807) is 13.2 Å². The Bertz CT molecular complexity index is 2010. The van der Waals surface area contributed by atoms with Crippen molar-refractivity contribution < 1.29 is 27.5 Å². The van der Waals surface area contributed by atoms with Crippen molar-refractivity contribution in [2.75, 3.05) is 68.0 Å². The molecule has 1 aromatic heterocycles. The van der Waals surface area contributed by atoms with Gasteiger partial charge >= 0.3 is 10.2 Å². The number of rotatable bonds is 9. The van der Waals surface area contributed by atoms with Crippen molar-refractivity contribution in [1.29, 1.82) is 0 Å². The molecule has 2 amide bonds. The predicted octanol–water partition coefficient (Wildman–Crippen LogP) is 4.89. The second kappa shape index (κ2) is 14.9. The molecule has 3 aromatic rings.